The third-order valence-corrected chi connectivity index (χ3v) is 10.1. The quantitative estimate of drug-likeness (QED) is 0.147. The molecule has 0 saturated carbocycles. The highest BCUT2D eigenvalue weighted by Gasteiger charge is 2.31. The number of hydrogen-bond acceptors (Lipinski definition) is 8. The van der Waals surface area contributed by atoms with Gasteiger partial charge in [-0.25, -0.2) is 9.59 Å². The van der Waals surface area contributed by atoms with E-state index in [1.54, 1.807) is 16.7 Å². The number of carbonyl (C=O) groups is 5. The molecule has 2 heterocycles. The van der Waals surface area contributed by atoms with Crippen molar-refractivity contribution in [1.29, 1.82) is 0 Å². The van der Waals surface area contributed by atoms with Crippen LogP contribution in [0.5, 0.6) is 0 Å². The van der Waals surface area contributed by atoms with Crippen molar-refractivity contribution in [2.45, 2.75) is 136 Å². The highest BCUT2D eigenvalue weighted by Crippen LogP contribution is 2.30. The number of benzene rings is 1. The molecule has 0 radical (unpaired) electrons. The minimum atomic E-state index is -0.542. The fourth-order valence-corrected chi connectivity index (χ4v) is 7.05. The molecule has 2 unspecified atom stereocenters. The van der Waals surface area contributed by atoms with E-state index in [4.69, 9.17) is 14.2 Å². The van der Waals surface area contributed by atoms with Gasteiger partial charge in [0.2, 0.25) is 11.8 Å². The lowest BCUT2D eigenvalue weighted by Crippen LogP contribution is -2.46. The zero-order valence-electron chi connectivity index (χ0n) is 33.5. The Morgan fingerprint density at radius 2 is 1.25 bits per heavy atom. The SMILES string of the molecule is CCOC(=O)CC(NC(=O)CNC(=O)C(CCC1CCN(C(=O)OC(C)(C)C)CC1)CCC1CCN(C(=O)OC(C)(C)C)CC1)C(C)c1ccccc1. The first-order valence-corrected chi connectivity index (χ1v) is 19.7. The molecule has 0 aliphatic carbocycles. The average Bonchev–Trinajstić information content (AvgIpc) is 3.09. The van der Waals surface area contributed by atoms with Crippen LogP contribution >= 0.6 is 0 Å². The van der Waals surface area contributed by atoms with Gasteiger partial charge in [0, 0.05) is 44.1 Å². The third-order valence-electron chi connectivity index (χ3n) is 10.1. The van der Waals surface area contributed by atoms with Crippen molar-refractivity contribution in [3.05, 3.63) is 35.9 Å². The lowest BCUT2D eigenvalue weighted by Gasteiger charge is -2.34. The van der Waals surface area contributed by atoms with Crippen LogP contribution in [0, 0.1) is 17.8 Å². The molecule has 1 aromatic rings. The maximum atomic E-state index is 13.7. The molecule has 298 valence electrons. The Morgan fingerprint density at radius 3 is 1.68 bits per heavy atom. The van der Waals surface area contributed by atoms with Crippen LogP contribution in [0.3, 0.4) is 0 Å². The molecule has 2 aliphatic rings. The van der Waals surface area contributed by atoms with Gasteiger partial charge in [0.05, 0.1) is 19.6 Å². The zero-order valence-corrected chi connectivity index (χ0v) is 33.5. The van der Waals surface area contributed by atoms with Gasteiger partial charge in [0.15, 0.2) is 0 Å². The number of nitrogens with one attached hydrogen (secondary N) is 2. The highest BCUT2D eigenvalue weighted by molar-refractivity contribution is 5.86. The second kappa shape index (κ2) is 20.6. The molecule has 12 nitrogen and oxygen atoms in total. The summed E-state index contributed by atoms with van der Waals surface area (Å²) in [4.78, 5) is 68.1. The molecule has 2 aliphatic heterocycles. The Kier molecular flexibility index (Phi) is 16.9. The molecule has 1 aromatic carbocycles. The number of piperidine rings is 2. The Balaban J connectivity index is 1.59. The van der Waals surface area contributed by atoms with Crippen molar-refractivity contribution in [3.63, 3.8) is 0 Å². The number of esters is 1. The van der Waals surface area contributed by atoms with Crippen LogP contribution in [0.4, 0.5) is 9.59 Å². The Labute approximate surface area is 317 Å². The van der Waals surface area contributed by atoms with E-state index >= 15 is 0 Å². The number of carbonyl (C=O) groups excluding carboxylic acids is 5. The molecule has 2 N–H and O–H groups in total. The minimum Gasteiger partial charge on any atom is -0.466 e. The number of likely N-dealkylation sites (tertiary alicyclic amines) is 2. The van der Waals surface area contributed by atoms with Crippen LogP contribution in [-0.2, 0) is 28.6 Å². The van der Waals surface area contributed by atoms with Crippen molar-refractivity contribution < 1.29 is 38.2 Å². The van der Waals surface area contributed by atoms with E-state index in [1.165, 1.54) is 0 Å². The molecule has 2 saturated heterocycles. The fourth-order valence-electron chi connectivity index (χ4n) is 7.05. The molecule has 2 atom stereocenters. The fraction of sp³-hybridized carbons (Fsp3) is 0.732. The molecule has 0 bridgehead atoms. The van der Waals surface area contributed by atoms with E-state index in [9.17, 15) is 24.0 Å². The standard InChI is InChI=1S/C41H66N4O8/c1-9-51-36(47)27-34(29(2)32-13-11-10-12-14-32)43-35(46)28-42-37(48)33(17-15-30-19-23-44(24-20-30)38(49)52-40(3,4)5)18-16-31-21-25-45(26-22-31)39(50)53-41(6,7)8/h10-14,29-31,33-34H,9,15-28H2,1-8H3,(H,42,48)(H,43,46). The van der Waals surface area contributed by atoms with Crippen molar-refractivity contribution in [1.82, 2.24) is 20.4 Å². The number of amides is 4. The molecule has 53 heavy (non-hydrogen) atoms. The monoisotopic (exact) mass is 742 g/mol. The van der Waals surface area contributed by atoms with Crippen molar-refractivity contribution >= 4 is 30.0 Å². The van der Waals surface area contributed by atoms with Crippen LogP contribution in [0.1, 0.15) is 125 Å². The van der Waals surface area contributed by atoms with Crippen molar-refractivity contribution in [3.8, 4) is 0 Å². The van der Waals surface area contributed by atoms with Gasteiger partial charge in [0.1, 0.15) is 11.2 Å². The number of rotatable bonds is 15. The first-order valence-electron chi connectivity index (χ1n) is 19.7. The predicted molar refractivity (Wildman–Crippen MR) is 204 cm³/mol. The topological polar surface area (TPSA) is 144 Å². The second-order valence-corrected chi connectivity index (χ2v) is 16.8. The van der Waals surface area contributed by atoms with Gasteiger partial charge < -0.3 is 34.6 Å². The van der Waals surface area contributed by atoms with E-state index in [0.717, 1.165) is 44.1 Å². The second-order valence-electron chi connectivity index (χ2n) is 16.8. The minimum absolute atomic E-state index is 0.0195. The summed E-state index contributed by atoms with van der Waals surface area (Å²) in [5, 5.41) is 5.88. The number of hydrogen-bond donors (Lipinski definition) is 2. The molecule has 2 fully saturated rings. The summed E-state index contributed by atoms with van der Waals surface area (Å²) >= 11 is 0. The lowest BCUT2D eigenvalue weighted by molar-refractivity contribution is -0.144. The van der Waals surface area contributed by atoms with Crippen molar-refractivity contribution in [2.75, 3.05) is 39.3 Å². The Bertz CT molecular complexity index is 1270. The molecule has 0 spiro atoms. The van der Waals surface area contributed by atoms with Gasteiger partial charge in [-0.3, -0.25) is 14.4 Å². The Morgan fingerprint density at radius 1 is 0.774 bits per heavy atom. The molecular weight excluding hydrogens is 676 g/mol. The Hall–Kier alpha value is -3.83. The maximum Gasteiger partial charge on any atom is 0.410 e. The molecular formula is C41H66N4O8. The van der Waals surface area contributed by atoms with E-state index in [1.807, 2.05) is 78.8 Å². The summed E-state index contributed by atoms with van der Waals surface area (Å²) in [6.07, 6.45) is 5.89. The molecule has 4 amide bonds. The molecule has 3 rings (SSSR count). The molecule has 0 aromatic heterocycles. The van der Waals surface area contributed by atoms with E-state index in [-0.39, 0.29) is 55.4 Å². The van der Waals surface area contributed by atoms with Gasteiger partial charge in [-0.1, -0.05) is 37.3 Å². The van der Waals surface area contributed by atoms with Crippen LogP contribution < -0.4 is 10.6 Å². The van der Waals surface area contributed by atoms with Gasteiger partial charge in [-0.15, -0.1) is 0 Å². The normalized spacial score (nSPS) is 17.2. The van der Waals surface area contributed by atoms with E-state index < -0.39 is 23.2 Å². The highest BCUT2D eigenvalue weighted by atomic mass is 16.6. The largest absolute Gasteiger partial charge is 0.466 e. The average molecular weight is 743 g/mol. The first-order chi connectivity index (χ1) is 24.9. The summed E-state index contributed by atoms with van der Waals surface area (Å²) in [6, 6.07) is 9.18. The number of nitrogens with zero attached hydrogens (tertiary/aromatic N) is 2. The lowest BCUT2D eigenvalue weighted by atomic mass is 9.84. The summed E-state index contributed by atoms with van der Waals surface area (Å²) in [6.45, 7) is 17.5. The zero-order chi connectivity index (χ0) is 39.2. The first kappa shape index (κ1) is 43.6. The van der Waals surface area contributed by atoms with E-state index in [2.05, 4.69) is 10.6 Å². The van der Waals surface area contributed by atoms with Gasteiger partial charge in [-0.2, -0.15) is 0 Å². The molecule has 12 heteroatoms. The van der Waals surface area contributed by atoms with Gasteiger partial charge in [0.25, 0.3) is 0 Å². The van der Waals surface area contributed by atoms with Crippen molar-refractivity contribution in [2.24, 2.45) is 17.8 Å². The summed E-state index contributed by atoms with van der Waals surface area (Å²) in [7, 11) is 0. The van der Waals surface area contributed by atoms with E-state index in [0.29, 0.717) is 50.9 Å². The van der Waals surface area contributed by atoms with Crippen LogP contribution in [0.2, 0.25) is 0 Å². The predicted octanol–water partition coefficient (Wildman–Crippen LogP) is 6.82. The summed E-state index contributed by atoms with van der Waals surface area (Å²) in [5.41, 5.74) is -0.0977. The third kappa shape index (κ3) is 16.0. The summed E-state index contributed by atoms with van der Waals surface area (Å²) in [5.74, 6) is -0.585. The summed E-state index contributed by atoms with van der Waals surface area (Å²) < 4.78 is 16.3. The van der Waals surface area contributed by atoms with Crippen LogP contribution in [0.25, 0.3) is 0 Å². The maximum absolute atomic E-state index is 13.7. The van der Waals surface area contributed by atoms with Crippen LogP contribution in [-0.4, -0.2) is 96.3 Å². The van der Waals surface area contributed by atoms with Gasteiger partial charge in [-0.05, 0) is 117 Å². The smallest absolute Gasteiger partial charge is 0.410 e. The van der Waals surface area contributed by atoms with Gasteiger partial charge >= 0.3 is 18.2 Å². The van der Waals surface area contributed by atoms with Crippen LogP contribution in [0.15, 0.2) is 30.3 Å². The number of ether oxygens (including phenoxy) is 3.